The van der Waals surface area contributed by atoms with Crippen LogP contribution in [0.2, 0.25) is 5.02 Å². The predicted octanol–water partition coefficient (Wildman–Crippen LogP) is 4.10. The summed E-state index contributed by atoms with van der Waals surface area (Å²) in [5.41, 5.74) is 1.41. The van der Waals surface area contributed by atoms with Crippen LogP contribution >= 0.6 is 11.6 Å². The van der Waals surface area contributed by atoms with E-state index in [4.69, 9.17) is 11.6 Å². The average Bonchev–Trinajstić information content (AvgIpc) is 3.18. The molecule has 2 aliphatic rings. The molecule has 0 unspecified atom stereocenters. The van der Waals surface area contributed by atoms with E-state index in [1.165, 1.54) is 0 Å². The zero-order valence-corrected chi connectivity index (χ0v) is 19.2. The van der Waals surface area contributed by atoms with Gasteiger partial charge in [-0.05, 0) is 76.9 Å². The molecule has 1 aromatic carbocycles. The van der Waals surface area contributed by atoms with Crippen molar-refractivity contribution in [3.8, 4) is 0 Å². The van der Waals surface area contributed by atoms with E-state index in [-0.39, 0.29) is 29.8 Å². The van der Waals surface area contributed by atoms with Crippen molar-refractivity contribution in [1.82, 2.24) is 20.5 Å². The Balaban J connectivity index is 1.36. The molecule has 1 saturated carbocycles. The first kappa shape index (κ1) is 22.2. The quantitative estimate of drug-likeness (QED) is 0.649. The molecular weight excluding hydrogens is 412 g/mol. The van der Waals surface area contributed by atoms with Crippen molar-refractivity contribution >= 4 is 34.3 Å². The number of aromatic amines is 1. The molecule has 1 aromatic heterocycles. The lowest BCUT2D eigenvalue weighted by Gasteiger charge is -2.36. The van der Waals surface area contributed by atoms with Crippen molar-refractivity contribution in [1.29, 1.82) is 0 Å². The second-order valence-electron chi connectivity index (χ2n) is 9.30. The third-order valence-corrected chi connectivity index (χ3v) is 7.10. The Kier molecular flexibility index (Phi) is 6.87. The summed E-state index contributed by atoms with van der Waals surface area (Å²) in [5.74, 6) is 0.0882. The number of fused-ring (bicyclic) bond motifs is 1. The van der Waals surface area contributed by atoms with E-state index in [1.54, 1.807) is 6.07 Å². The number of nitrogens with zero attached hydrogens (tertiary/aromatic N) is 1. The van der Waals surface area contributed by atoms with Gasteiger partial charge in [-0.15, -0.1) is 0 Å². The topological polar surface area (TPSA) is 77.2 Å². The minimum absolute atomic E-state index is 0.00727. The summed E-state index contributed by atoms with van der Waals surface area (Å²) in [4.78, 5) is 31.4. The standard InChI is InChI=1S/C24H33ClN4O2/c1-15(2)29-11-9-16(10-12-29)23(30)27-20-5-3-4-6-21(20)28-24(31)22-14-17-13-18(25)7-8-19(17)26-22/h7-8,13-16,20-21,26H,3-6,9-12H2,1-2H3,(H,27,30)(H,28,31)/t20-,21+/m0/s1. The minimum Gasteiger partial charge on any atom is -0.351 e. The molecule has 7 heteroatoms. The molecule has 31 heavy (non-hydrogen) atoms. The number of carbonyl (C=O) groups is 2. The summed E-state index contributed by atoms with van der Waals surface area (Å²) in [6, 6.07) is 7.84. The lowest BCUT2D eigenvalue weighted by Crippen LogP contribution is -2.55. The summed E-state index contributed by atoms with van der Waals surface area (Å²) in [5, 5.41) is 8.00. The summed E-state index contributed by atoms with van der Waals surface area (Å²) >= 11 is 6.06. The number of amides is 2. The van der Waals surface area contributed by atoms with Crippen LogP contribution in [0.5, 0.6) is 0 Å². The number of benzene rings is 1. The van der Waals surface area contributed by atoms with Gasteiger partial charge < -0.3 is 20.5 Å². The van der Waals surface area contributed by atoms with Gasteiger partial charge in [0.1, 0.15) is 5.69 Å². The molecule has 168 valence electrons. The number of H-pyrrole nitrogens is 1. The molecule has 2 fully saturated rings. The van der Waals surface area contributed by atoms with E-state index in [0.717, 1.165) is 62.5 Å². The van der Waals surface area contributed by atoms with Gasteiger partial charge in [0.15, 0.2) is 0 Å². The monoisotopic (exact) mass is 444 g/mol. The van der Waals surface area contributed by atoms with Crippen LogP contribution in [-0.4, -0.2) is 52.9 Å². The Morgan fingerprint density at radius 2 is 1.71 bits per heavy atom. The Morgan fingerprint density at radius 3 is 2.39 bits per heavy atom. The summed E-state index contributed by atoms with van der Waals surface area (Å²) in [6.45, 7) is 6.37. The molecule has 1 aliphatic carbocycles. The first-order valence-corrected chi connectivity index (χ1v) is 11.9. The van der Waals surface area contributed by atoms with Crippen LogP contribution in [-0.2, 0) is 4.79 Å². The van der Waals surface area contributed by atoms with Crippen LogP contribution in [0.3, 0.4) is 0 Å². The van der Waals surface area contributed by atoms with Crippen LogP contribution in [0.15, 0.2) is 24.3 Å². The second-order valence-corrected chi connectivity index (χ2v) is 9.73. The molecule has 3 N–H and O–H groups in total. The second kappa shape index (κ2) is 9.61. The van der Waals surface area contributed by atoms with E-state index < -0.39 is 0 Å². The lowest BCUT2D eigenvalue weighted by molar-refractivity contribution is -0.127. The number of carbonyl (C=O) groups excluding carboxylic acids is 2. The highest BCUT2D eigenvalue weighted by atomic mass is 35.5. The number of halogens is 1. The van der Waals surface area contributed by atoms with E-state index >= 15 is 0 Å². The van der Waals surface area contributed by atoms with Gasteiger partial charge in [0.25, 0.3) is 5.91 Å². The minimum atomic E-state index is -0.135. The van der Waals surface area contributed by atoms with Gasteiger partial charge in [0.2, 0.25) is 5.91 Å². The van der Waals surface area contributed by atoms with Gasteiger partial charge >= 0.3 is 0 Å². The zero-order chi connectivity index (χ0) is 22.0. The number of piperidine rings is 1. The summed E-state index contributed by atoms with van der Waals surface area (Å²) in [7, 11) is 0. The number of rotatable bonds is 5. The van der Waals surface area contributed by atoms with Crippen LogP contribution in [0.25, 0.3) is 10.9 Å². The molecule has 0 bridgehead atoms. The van der Waals surface area contributed by atoms with E-state index in [0.29, 0.717) is 16.8 Å². The Labute approximate surface area is 189 Å². The summed E-state index contributed by atoms with van der Waals surface area (Å²) < 4.78 is 0. The van der Waals surface area contributed by atoms with Gasteiger partial charge in [-0.1, -0.05) is 24.4 Å². The van der Waals surface area contributed by atoms with E-state index in [9.17, 15) is 9.59 Å². The maximum atomic E-state index is 12.9. The highest BCUT2D eigenvalue weighted by molar-refractivity contribution is 6.31. The molecule has 2 heterocycles. The number of nitrogens with one attached hydrogen (secondary N) is 3. The molecule has 2 atom stereocenters. The Bertz CT molecular complexity index is 933. The molecule has 6 nitrogen and oxygen atoms in total. The zero-order valence-electron chi connectivity index (χ0n) is 18.4. The maximum absolute atomic E-state index is 12.9. The molecule has 2 amide bonds. The Morgan fingerprint density at radius 1 is 1.03 bits per heavy atom. The molecule has 0 spiro atoms. The third kappa shape index (κ3) is 5.24. The lowest BCUT2D eigenvalue weighted by atomic mass is 9.88. The highest BCUT2D eigenvalue weighted by Gasteiger charge is 2.32. The highest BCUT2D eigenvalue weighted by Crippen LogP contribution is 2.24. The largest absolute Gasteiger partial charge is 0.351 e. The van der Waals surface area contributed by atoms with Crippen LogP contribution in [0.1, 0.15) is 62.9 Å². The van der Waals surface area contributed by atoms with Crippen molar-refractivity contribution in [2.75, 3.05) is 13.1 Å². The normalized spacial score (nSPS) is 23.2. The maximum Gasteiger partial charge on any atom is 0.268 e. The molecule has 1 saturated heterocycles. The molecule has 0 radical (unpaired) electrons. The molecule has 1 aliphatic heterocycles. The number of aromatic nitrogens is 1. The fourth-order valence-electron chi connectivity index (χ4n) is 4.93. The van der Waals surface area contributed by atoms with Crippen molar-refractivity contribution in [3.63, 3.8) is 0 Å². The summed E-state index contributed by atoms with van der Waals surface area (Å²) in [6.07, 6.45) is 5.75. The third-order valence-electron chi connectivity index (χ3n) is 6.87. The molecular formula is C24H33ClN4O2. The van der Waals surface area contributed by atoms with Gasteiger partial charge in [-0.3, -0.25) is 9.59 Å². The fraction of sp³-hybridized carbons (Fsp3) is 0.583. The average molecular weight is 445 g/mol. The van der Waals surface area contributed by atoms with Gasteiger partial charge in [0, 0.05) is 40.0 Å². The van der Waals surface area contributed by atoms with Gasteiger partial charge in [0.05, 0.1) is 0 Å². The first-order chi connectivity index (χ1) is 14.9. The molecule has 4 rings (SSSR count). The van der Waals surface area contributed by atoms with E-state index in [2.05, 4.69) is 34.4 Å². The Hall–Kier alpha value is -2.05. The number of hydrogen-bond acceptors (Lipinski definition) is 3. The predicted molar refractivity (Wildman–Crippen MR) is 124 cm³/mol. The van der Waals surface area contributed by atoms with E-state index in [1.807, 2.05) is 18.2 Å². The fourth-order valence-corrected chi connectivity index (χ4v) is 5.11. The molecule has 2 aromatic rings. The van der Waals surface area contributed by atoms with Crippen molar-refractivity contribution in [3.05, 3.63) is 35.0 Å². The van der Waals surface area contributed by atoms with Gasteiger partial charge in [-0.2, -0.15) is 0 Å². The van der Waals surface area contributed by atoms with Gasteiger partial charge in [-0.25, -0.2) is 0 Å². The van der Waals surface area contributed by atoms with Crippen LogP contribution in [0, 0.1) is 5.92 Å². The number of likely N-dealkylation sites (tertiary alicyclic amines) is 1. The van der Waals surface area contributed by atoms with Crippen molar-refractivity contribution in [2.24, 2.45) is 5.92 Å². The first-order valence-electron chi connectivity index (χ1n) is 11.5. The van der Waals surface area contributed by atoms with Crippen molar-refractivity contribution in [2.45, 2.75) is 70.5 Å². The van der Waals surface area contributed by atoms with Crippen LogP contribution < -0.4 is 10.6 Å². The van der Waals surface area contributed by atoms with Crippen molar-refractivity contribution < 1.29 is 9.59 Å². The van der Waals surface area contributed by atoms with Crippen LogP contribution in [0.4, 0.5) is 0 Å². The smallest absolute Gasteiger partial charge is 0.268 e. The number of hydrogen-bond donors (Lipinski definition) is 3. The SMILES string of the molecule is CC(C)N1CCC(C(=O)N[C@H]2CCCC[C@H]2NC(=O)c2cc3cc(Cl)ccc3[nH]2)CC1.